The minimum atomic E-state index is -0.763. The summed E-state index contributed by atoms with van der Waals surface area (Å²) in [5.74, 6) is 0.238. The molecule has 2 aliphatic heterocycles. The van der Waals surface area contributed by atoms with Crippen LogP contribution in [0.15, 0.2) is 78.2 Å². The molecule has 12 heteroatoms. The molecule has 1 saturated carbocycles. The van der Waals surface area contributed by atoms with Gasteiger partial charge in [-0.2, -0.15) is 5.10 Å². The maximum atomic E-state index is 14.8. The fourth-order valence-electron chi connectivity index (χ4n) is 7.20. The number of nitrogens with zero attached hydrogens (tertiary/aromatic N) is 7. The van der Waals surface area contributed by atoms with Gasteiger partial charge in [-0.1, -0.05) is 24.3 Å². The molecule has 2 atom stereocenters. The molecule has 250 valence electrons. The second kappa shape index (κ2) is 12.6. The number of anilines is 2. The number of fused-ring (bicyclic) bond motifs is 7. The number of ether oxygens (including phenoxy) is 1. The number of benzene rings is 3. The molecular weight excluding hydrogens is 626 g/mol. The molecule has 10 nitrogen and oxygen atoms in total. The van der Waals surface area contributed by atoms with Gasteiger partial charge in [-0.3, -0.25) is 9.79 Å². The largest absolute Gasteiger partial charge is 0.488 e. The van der Waals surface area contributed by atoms with E-state index in [1.165, 1.54) is 23.1 Å². The number of aromatic nitrogens is 4. The highest BCUT2D eigenvalue weighted by atomic mass is 19.1. The number of nitrogens with two attached hydrogens (primary N) is 1. The van der Waals surface area contributed by atoms with Crippen molar-refractivity contribution in [2.75, 3.05) is 37.3 Å². The van der Waals surface area contributed by atoms with Gasteiger partial charge in [0.2, 0.25) is 5.91 Å². The SMILES string of the molecule is CN=C1CCCN(CC2CC2)C(=O)C2CC(CN2c2ncnc3c2cnn3-c2ccc(F)cc2F)Oc2cccc(c2)-c2cccc(N)c21. The summed E-state index contributed by atoms with van der Waals surface area (Å²) in [6.45, 7) is 1.64. The summed E-state index contributed by atoms with van der Waals surface area (Å²) in [5, 5.41) is 4.96. The number of amides is 1. The van der Waals surface area contributed by atoms with Crippen LogP contribution in [0.1, 0.15) is 37.7 Å². The van der Waals surface area contributed by atoms with Gasteiger partial charge in [0, 0.05) is 49.6 Å². The number of aliphatic imine (C=N–C) groups is 1. The minimum absolute atomic E-state index is 0.0141. The van der Waals surface area contributed by atoms with Gasteiger partial charge in [-0.05, 0) is 73.1 Å². The van der Waals surface area contributed by atoms with Crippen LogP contribution in [0.25, 0.3) is 27.8 Å². The van der Waals surface area contributed by atoms with Gasteiger partial charge in [0.15, 0.2) is 11.5 Å². The Morgan fingerprint density at radius 2 is 1.92 bits per heavy atom. The lowest BCUT2D eigenvalue weighted by Crippen LogP contribution is -2.47. The third kappa shape index (κ3) is 5.85. The van der Waals surface area contributed by atoms with E-state index in [1.807, 2.05) is 46.2 Å². The molecule has 4 heterocycles. The van der Waals surface area contributed by atoms with E-state index < -0.39 is 17.7 Å². The normalized spacial score (nSPS) is 20.6. The van der Waals surface area contributed by atoms with Crippen LogP contribution in [-0.4, -0.2) is 75.1 Å². The molecule has 1 saturated heterocycles. The van der Waals surface area contributed by atoms with Gasteiger partial charge in [0.1, 0.15) is 41.5 Å². The molecule has 4 bridgehead atoms. The Balaban J connectivity index is 1.21. The van der Waals surface area contributed by atoms with Crippen LogP contribution < -0.4 is 15.4 Å². The third-order valence-corrected chi connectivity index (χ3v) is 9.73. The first-order valence-corrected chi connectivity index (χ1v) is 16.7. The second-order valence-corrected chi connectivity index (χ2v) is 13.0. The van der Waals surface area contributed by atoms with E-state index >= 15 is 0 Å². The molecule has 0 radical (unpaired) electrons. The Kier molecular flexibility index (Phi) is 7.93. The maximum absolute atomic E-state index is 14.8. The van der Waals surface area contributed by atoms with Crippen LogP contribution in [0.4, 0.5) is 20.3 Å². The van der Waals surface area contributed by atoms with Crippen molar-refractivity contribution in [1.29, 1.82) is 0 Å². The summed E-state index contributed by atoms with van der Waals surface area (Å²) in [7, 11) is 1.79. The van der Waals surface area contributed by atoms with E-state index in [-0.39, 0.29) is 17.7 Å². The maximum Gasteiger partial charge on any atom is 0.245 e. The Morgan fingerprint density at radius 3 is 2.73 bits per heavy atom. The predicted octanol–water partition coefficient (Wildman–Crippen LogP) is 5.82. The number of nitrogen functional groups attached to an aromatic ring is 1. The monoisotopic (exact) mass is 662 g/mol. The smallest absolute Gasteiger partial charge is 0.245 e. The van der Waals surface area contributed by atoms with E-state index in [0.29, 0.717) is 66.7 Å². The number of carbonyl (C=O) groups excluding carboxylic acids is 1. The fourth-order valence-corrected chi connectivity index (χ4v) is 7.20. The Labute approximate surface area is 282 Å². The fraction of sp³-hybridized carbons (Fsp3) is 0.324. The molecule has 2 aromatic heterocycles. The summed E-state index contributed by atoms with van der Waals surface area (Å²) in [5.41, 5.74) is 11.4. The van der Waals surface area contributed by atoms with E-state index in [2.05, 4.69) is 26.1 Å². The summed E-state index contributed by atoms with van der Waals surface area (Å²) < 4.78 is 36.5. The Bertz CT molecular complexity index is 2090. The van der Waals surface area contributed by atoms with Gasteiger partial charge in [-0.25, -0.2) is 23.4 Å². The highest BCUT2D eigenvalue weighted by Gasteiger charge is 2.42. The van der Waals surface area contributed by atoms with E-state index in [0.717, 1.165) is 47.7 Å². The van der Waals surface area contributed by atoms with Gasteiger partial charge in [0.05, 0.1) is 18.1 Å². The van der Waals surface area contributed by atoms with E-state index in [1.54, 1.807) is 13.2 Å². The minimum Gasteiger partial charge on any atom is -0.488 e. The molecular formula is C37H36F2N8O2. The first kappa shape index (κ1) is 30.9. The topological polar surface area (TPSA) is 115 Å². The molecule has 3 aromatic carbocycles. The van der Waals surface area contributed by atoms with Crippen molar-refractivity contribution in [1.82, 2.24) is 24.6 Å². The number of hydrogen-bond acceptors (Lipinski definition) is 8. The summed E-state index contributed by atoms with van der Waals surface area (Å²) in [6.07, 6.45) is 6.66. The molecule has 49 heavy (non-hydrogen) atoms. The van der Waals surface area contributed by atoms with Gasteiger partial charge >= 0.3 is 0 Å². The molecule has 1 amide bonds. The standard InChI is InChI=1S/C37H36F2N8O2/c1-41-31-9-4-14-45(19-22-10-11-22)37(48)33-17-26(49-25-6-2-5-23(15-25)27-7-3-8-30(40)34(27)31)20-46(33)35-28-18-44-47(36(28)43-21-42-35)32-13-12-24(38)16-29(32)39/h2-3,5-8,12-13,15-16,18,21-22,26,33H,4,9-11,14,17,19-20,40H2,1H3. The van der Waals surface area contributed by atoms with Gasteiger partial charge < -0.3 is 20.3 Å². The van der Waals surface area contributed by atoms with Crippen LogP contribution >= 0.6 is 0 Å². The number of hydrogen-bond donors (Lipinski definition) is 1. The highest BCUT2D eigenvalue weighted by Crippen LogP contribution is 2.37. The summed E-state index contributed by atoms with van der Waals surface area (Å²) >= 11 is 0. The number of halogens is 2. The summed E-state index contributed by atoms with van der Waals surface area (Å²) in [4.78, 5) is 32.4. The molecule has 2 fully saturated rings. The highest BCUT2D eigenvalue weighted by molar-refractivity contribution is 6.10. The molecule has 2 N–H and O–H groups in total. The van der Waals surface area contributed by atoms with E-state index in [9.17, 15) is 13.6 Å². The zero-order valence-corrected chi connectivity index (χ0v) is 27.1. The molecule has 8 rings (SSSR count). The van der Waals surface area contributed by atoms with Crippen molar-refractivity contribution in [2.24, 2.45) is 10.9 Å². The number of rotatable bonds is 4. The van der Waals surface area contributed by atoms with Gasteiger partial charge in [0.25, 0.3) is 0 Å². The van der Waals surface area contributed by atoms with Crippen molar-refractivity contribution in [3.63, 3.8) is 0 Å². The lowest BCUT2D eigenvalue weighted by atomic mass is 9.93. The first-order valence-electron chi connectivity index (χ1n) is 16.7. The van der Waals surface area contributed by atoms with Gasteiger partial charge in [-0.15, -0.1) is 0 Å². The second-order valence-electron chi connectivity index (χ2n) is 13.0. The number of carbonyl (C=O) groups is 1. The quantitative estimate of drug-likeness (QED) is 0.241. The molecule has 0 spiro atoms. The van der Waals surface area contributed by atoms with Crippen molar-refractivity contribution < 1.29 is 18.3 Å². The van der Waals surface area contributed by atoms with Crippen LogP contribution in [-0.2, 0) is 4.79 Å². The van der Waals surface area contributed by atoms with Crippen LogP contribution in [0.3, 0.4) is 0 Å². The summed E-state index contributed by atoms with van der Waals surface area (Å²) in [6, 6.07) is 16.6. The lowest BCUT2D eigenvalue weighted by Gasteiger charge is -2.31. The lowest BCUT2D eigenvalue weighted by molar-refractivity contribution is -0.132. The van der Waals surface area contributed by atoms with Crippen molar-refractivity contribution in [2.45, 2.75) is 44.2 Å². The van der Waals surface area contributed by atoms with Crippen molar-refractivity contribution in [3.05, 3.63) is 90.4 Å². The Morgan fingerprint density at radius 1 is 1.06 bits per heavy atom. The predicted molar refractivity (Wildman–Crippen MR) is 184 cm³/mol. The zero-order valence-electron chi connectivity index (χ0n) is 27.1. The third-order valence-electron chi connectivity index (χ3n) is 9.73. The van der Waals surface area contributed by atoms with Crippen molar-refractivity contribution in [3.8, 4) is 22.6 Å². The zero-order chi connectivity index (χ0) is 33.6. The van der Waals surface area contributed by atoms with Crippen LogP contribution in [0, 0.1) is 17.6 Å². The average molecular weight is 663 g/mol. The van der Waals surface area contributed by atoms with Crippen LogP contribution in [0.2, 0.25) is 0 Å². The van der Waals surface area contributed by atoms with Crippen molar-refractivity contribution >= 4 is 34.2 Å². The molecule has 2 unspecified atom stereocenters. The van der Waals surface area contributed by atoms with E-state index in [4.69, 9.17) is 10.5 Å². The molecule has 1 aliphatic carbocycles. The first-order chi connectivity index (χ1) is 23.9. The Hall–Kier alpha value is -5.39. The van der Waals surface area contributed by atoms with Crippen LogP contribution in [0.5, 0.6) is 5.75 Å². The molecule has 3 aliphatic rings. The molecule has 5 aromatic rings. The average Bonchev–Trinajstić information content (AvgIpc) is 3.67.